The van der Waals surface area contributed by atoms with Gasteiger partial charge in [0.1, 0.15) is 18.1 Å². The van der Waals surface area contributed by atoms with Crippen LogP contribution in [0.15, 0.2) is 41.3 Å². The van der Waals surface area contributed by atoms with Gasteiger partial charge in [0.05, 0.1) is 17.7 Å². The van der Waals surface area contributed by atoms with Gasteiger partial charge in [0.15, 0.2) is 0 Å². The predicted molar refractivity (Wildman–Crippen MR) is 120 cm³/mol. The summed E-state index contributed by atoms with van der Waals surface area (Å²) < 4.78 is 40.1. The molecule has 6 nitrogen and oxygen atoms in total. The molecule has 164 valence electrons. The molecule has 0 spiro atoms. The third-order valence-electron chi connectivity index (χ3n) is 5.57. The number of rotatable bonds is 9. The largest absolute Gasteiger partial charge is 0.496 e. The number of sulfonamides is 1. The van der Waals surface area contributed by atoms with Crippen molar-refractivity contribution in [2.24, 2.45) is 0 Å². The zero-order valence-corrected chi connectivity index (χ0v) is 19.1. The summed E-state index contributed by atoms with van der Waals surface area (Å²) in [6.07, 6.45) is 5.16. The molecule has 7 heteroatoms. The van der Waals surface area contributed by atoms with Gasteiger partial charge in [0, 0.05) is 11.6 Å². The normalized spacial score (nSPS) is 16.1. The number of aryl methyl sites for hydroxylation is 1. The minimum atomic E-state index is -3.72. The summed E-state index contributed by atoms with van der Waals surface area (Å²) in [7, 11) is 1.90. The van der Waals surface area contributed by atoms with Crippen LogP contribution in [0.3, 0.4) is 0 Å². The van der Waals surface area contributed by atoms with Crippen LogP contribution in [0.25, 0.3) is 0 Å². The van der Waals surface area contributed by atoms with Crippen LogP contribution in [0.5, 0.6) is 11.5 Å². The van der Waals surface area contributed by atoms with Gasteiger partial charge in [-0.3, -0.25) is 4.72 Å². The maximum Gasteiger partial charge on any atom is 0.262 e. The van der Waals surface area contributed by atoms with Crippen LogP contribution in [0.1, 0.15) is 37.3 Å². The van der Waals surface area contributed by atoms with Crippen molar-refractivity contribution in [1.29, 1.82) is 0 Å². The minimum absolute atomic E-state index is 0.207. The molecule has 0 saturated carbocycles. The highest BCUT2D eigenvalue weighted by atomic mass is 32.2. The number of hydrogen-bond acceptors (Lipinski definition) is 5. The van der Waals surface area contributed by atoms with Gasteiger partial charge in [-0.15, -0.1) is 0 Å². The number of benzene rings is 2. The van der Waals surface area contributed by atoms with Crippen molar-refractivity contribution in [3.05, 3.63) is 47.5 Å². The summed E-state index contributed by atoms with van der Waals surface area (Å²) in [5.74, 6) is 1.25. The first kappa shape index (κ1) is 22.4. The summed E-state index contributed by atoms with van der Waals surface area (Å²) in [5, 5.41) is 0. The molecule has 0 unspecified atom stereocenters. The second-order valence-corrected chi connectivity index (χ2v) is 9.64. The van der Waals surface area contributed by atoms with E-state index < -0.39 is 10.0 Å². The molecule has 3 rings (SSSR count). The molecular weight excluding hydrogens is 400 g/mol. The molecular formula is C23H32N2O4S. The SMILES string of the molecule is CCCCCc1ccc(S(=O)(=O)Nc2ccc(OC)c3c2OC[C@H](N(C)C)C3)cc1. The molecule has 1 aliphatic heterocycles. The Morgan fingerprint density at radius 3 is 2.50 bits per heavy atom. The third kappa shape index (κ3) is 5.08. The van der Waals surface area contributed by atoms with Crippen LogP contribution in [0.2, 0.25) is 0 Å². The molecule has 1 N–H and O–H groups in total. The van der Waals surface area contributed by atoms with Gasteiger partial charge in [-0.25, -0.2) is 8.42 Å². The van der Waals surface area contributed by atoms with Crippen molar-refractivity contribution < 1.29 is 17.9 Å². The summed E-state index contributed by atoms with van der Waals surface area (Å²) in [6.45, 7) is 2.66. The first-order valence-electron chi connectivity index (χ1n) is 10.5. The summed E-state index contributed by atoms with van der Waals surface area (Å²) in [5.41, 5.74) is 2.48. The van der Waals surface area contributed by atoms with Gasteiger partial charge < -0.3 is 14.4 Å². The number of fused-ring (bicyclic) bond motifs is 1. The van der Waals surface area contributed by atoms with E-state index in [-0.39, 0.29) is 10.9 Å². The van der Waals surface area contributed by atoms with E-state index in [1.54, 1.807) is 31.4 Å². The second-order valence-electron chi connectivity index (χ2n) is 7.96. The Labute approximate surface area is 180 Å². The Hall–Kier alpha value is -2.25. The number of methoxy groups -OCH3 is 1. The lowest BCUT2D eigenvalue weighted by Crippen LogP contribution is -2.38. The van der Waals surface area contributed by atoms with Gasteiger partial charge in [-0.1, -0.05) is 31.9 Å². The Kier molecular flexibility index (Phi) is 7.26. The molecule has 2 aromatic carbocycles. The molecule has 1 heterocycles. The third-order valence-corrected chi connectivity index (χ3v) is 6.96. The smallest absolute Gasteiger partial charge is 0.262 e. The van der Waals surface area contributed by atoms with Crippen LogP contribution in [0, 0.1) is 0 Å². The highest BCUT2D eigenvalue weighted by Crippen LogP contribution is 2.40. The fourth-order valence-electron chi connectivity index (χ4n) is 3.66. The zero-order valence-electron chi connectivity index (χ0n) is 18.3. The number of nitrogens with zero attached hydrogens (tertiary/aromatic N) is 1. The summed E-state index contributed by atoms with van der Waals surface area (Å²) >= 11 is 0. The second kappa shape index (κ2) is 9.71. The van der Waals surface area contributed by atoms with E-state index >= 15 is 0 Å². The molecule has 0 saturated heterocycles. The predicted octanol–water partition coefficient (Wildman–Crippen LogP) is 4.09. The van der Waals surface area contributed by atoms with Crippen molar-refractivity contribution in [2.45, 2.75) is 50.0 Å². The molecule has 0 fully saturated rings. The number of ether oxygens (including phenoxy) is 2. The van der Waals surface area contributed by atoms with Gasteiger partial charge in [-0.05, 0) is 63.2 Å². The standard InChI is InChI=1S/C23H32N2O4S/c1-5-6-7-8-17-9-11-19(12-10-17)30(26,27)24-21-13-14-22(28-4)20-15-18(25(2)3)16-29-23(20)21/h9-14,18,24H,5-8,15-16H2,1-4H3/t18-/m1/s1. The number of likely N-dealkylation sites (N-methyl/N-ethyl adjacent to an activating group) is 1. The number of hydrogen-bond donors (Lipinski definition) is 1. The summed E-state index contributed by atoms with van der Waals surface area (Å²) in [4.78, 5) is 2.34. The number of anilines is 1. The average Bonchev–Trinajstić information content (AvgIpc) is 2.74. The van der Waals surface area contributed by atoms with Gasteiger partial charge in [-0.2, -0.15) is 0 Å². The van der Waals surface area contributed by atoms with E-state index in [0.717, 1.165) is 30.4 Å². The monoisotopic (exact) mass is 432 g/mol. The summed E-state index contributed by atoms with van der Waals surface area (Å²) in [6, 6.07) is 10.8. The fraction of sp³-hybridized carbons (Fsp3) is 0.478. The van der Waals surface area contributed by atoms with Crippen molar-refractivity contribution in [1.82, 2.24) is 4.90 Å². The average molecular weight is 433 g/mol. The maximum absolute atomic E-state index is 13.0. The minimum Gasteiger partial charge on any atom is -0.496 e. The highest BCUT2D eigenvalue weighted by molar-refractivity contribution is 7.92. The van der Waals surface area contributed by atoms with E-state index in [1.807, 2.05) is 26.2 Å². The molecule has 0 radical (unpaired) electrons. The van der Waals surface area contributed by atoms with Gasteiger partial charge >= 0.3 is 0 Å². The highest BCUT2D eigenvalue weighted by Gasteiger charge is 2.28. The van der Waals surface area contributed by atoms with E-state index in [1.165, 1.54) is 12.8 Å². The van der Waals surface area contributed by atoms with E-state index in [0.29, 0.717) is 23.8 Å². The Balaban J connectivity index is 1.82. The van der Waals surface area contributed by atoms with Crippen LogP contribution >= 0.6 is 0 Å². The Bertz CT molecular complexity index is 956. The molecule has 1 aliphatic rings. The molecule has 0 aliphatic carbocycles. The van der Waals surface area contributed by atoms with Crippen LogP contribution in [0.4, 0.5) is 5.69 Å². The molecule has 30 heavy (non-hydrogen) atoms. The van der Waals surface area contributed by atoms with Crippen LogP contribution in [-0.4, -0.2) is 47.2 Å². The lowest BCUT2D eigenvalue weighted by Gasteiger charge is -2.32. The van der Waals surface area contributed by atoms with Crippen molar-refractivity contribution in [2.75, 3.05) is 32.5 Å². The molecule has 2 aromatic rings. The van der Waals surface area contributed by atoms with Crippen molar-refractivity contribution >= 4 is 15.7 Å². The zero-order chi connectivity index (χ0) is 21.7. The van der Waals surface area contributed by atoms with Gasteiger partial charge in [0.25, 0.3) is 10.0 Å². The van der Waals surface area contributed by atoms with Crippen molar-refractivity contribution in [3.8, 4) is 11.5 Å². The number of unbranched alkanes of at least 4 members (excludes halogenated alkanes) is 2. The van der Waals surface area contributed by atoms with Crippen LogP contribution in [-0.2, 0) is 22.9 Å². The first-order chi connectivity index (χ1) is 14.4. The Morgan fingerprint density at radius 1 is 1.13 bits per heavy atom. The lowest BCUT2D eigenvalue weighted by atomic mass is 10.00. The van der Waals surface area contributed by atoms with E-state index in [2.05, 4.69) is 16.5 Å². The van der Waals surface area contributed by atoms with Crippen molar-refractivity contribution in [3.63, 3.8) is 0 Å². The van der Waals surface area contributed by atoms with Crippen LogP contribution < -0.4 is 14.2 Å². The van der Waals surface area contributed by atoms with Gasteiger partial charge in [0.2, 0.25) is 0 Å². The van der Waals surface area contributed by atoms with E-state index in [9.17, 15) is 8.42 Å². The first-order valence-corrected chi connectivity index (χ1v) is 11.9. The molecule has 0 aromatic heterocycles. The number of nitrogens with one attached hydrogen (secondary N) is 1. The quantitative estimate of drug-likeness (QED) is 0.605. The maximum atomic E-state index is 13.0. The molecule has 0 amide bonds. The van der Waals surface area contributed by atoms with E-state index in [4.69, 9.17) is 9.47 Å². The molecule has 0 bridgehead atoms. The fourth-order valence-corrected chi connectivity index (χ4v) is 4.73. The topological polar surface area (TPSA) is 67.9 Å². The Morgan fingerprint density at radius 2 is 1.87 bits per heavy atom. The lowest BCUT2D eigenvalue weighted by molar-refractivity contribution is 0.164. The molecule has 1 atom stereocenters.